The van der Waals surface area contributed by atoms with Crippen molar-refractivity contribution in [3.05, 3.63) is 34.4 Å². The highest BCUT2D eigenvalue weighted by Crippen LogP contribution is 2.30. The van der Waals surface area contributed by atoms with Gasteiger partial charge in [-0.15, -0.1) is 0 Å². The highest BCUT2D eigenvalue weighted by Gasteiger charge is 2.08. The first-order valence-electron chi connectivity index (χ1n) is 3.86. The minimum atomic E-state index is 0.0894. The number of phenolic OH excluding ortho intramolecular Hbond substituents is 1. The van der Waals surface area contributed by atoms with Gasteiger partial charge < -0.3 is 5.11 Å². The molecule has 0 aliphatic carbocycles. The largest absolute Gasteiger partial charge is 0.508 e. The molecule has 0 fully saturated rings. The maximum absolute atomic E-state index is 9.32. The monoisotopic (exact) mass is 228 g/mol. The zero-order valence-corrected chi connectivity index (χ0v) is 8.47. The Morgan fingerprint density at radius 2 is 2.00 bits per heavy atom. The lowest BCUT2D eigenvalue weighted by Crippen LogP contribution is -1.79. The summed E-state index contributed by atoms with van der Waals surface area (Å²) in [5, 5.41) is 16.8. The number of halogens is 2. The van der Waals surface area contributed by atoms with Crippen molar-refractivity contribution in [3.8, 4) is 17.0 Å². The summed E-state index contributed by atoms with van der Waals surface area (Å²) >= 11 is 11.6. The van der Waals surface area contributed by atoms with Crippen LogP contribution in [0.4, 0.5) is 0 Å². The van der Waals surface area contributed by atoms with Crippen molar-refractivity contribution < 1.29 is 5.11 Å². The molecule has 2 aromatic rings. The standard InChI is InChI=1S/C9H6Cl2N2O/c10-6-1-5(2-7(14)3-6)9-8(11)4-12-13-9/h1-4,14H,(H,12,13). The lowest BCUT2D eigenvalue weighted by molar-refractivity contribution is 0.475. The van der Waals surface area contributed by atoms with Crippen LogP contribution < -0.4 is 0 Å². The number of benzene rings is 1. The number of aromatic nitrogens is 2. The molecule has 72 valence electrons. The summed E-state index contributed by atoms with van der Waals surface area (Å²) < 4.78 is 0. The van der Waals surface area contributed by atoms with E-state index in [1.54, 1.807) is 18.3 Å². The van der Waals surface area contributed by atoms with E-state index in [4.69, 9.17) is 23.2 Å². The van der Waals surface area contributed by atoms with Crippen molar-refractivity contribution >= 4 is 23.2 Å². The van der Waals surface area contributed by atoms with Gasteiger partial charge in [-0.2, -0.15) is 5.10 Å². The summed E-state index contributed by atoms with van der Waals surface area (Å²) in [6.07, 6.45) is 1.56. The molecular weight excluding hydrogens is 223 g/mol. The Labute approximate surface area is 90.3 Å². The fourth-order valence-corrected chi connectivity index (χ4v) is 1.62. The number of H-pyrrole nitrogens is 1. The summed E-state index contributed by atoms with van der Waals surface area (Å²) in [6.45, 7) is 0. The molecule has 1 heterocycles. The molecule has 0 saturated carbocycles. The van der Waals surface area contributed by atoms with E-state index in [1.807, 2.05) is 0 Å². The van der Waals surface area contributed by atoms with Gasteiger partial charge >= 0.3 is 0 Å². The van der Waals surface area contributed by atoms with E-state index in [1.165, 1.54) is 6.07 Å². The fraction of sp³-hybridized carbons (Fsp3) is 0. The highest BCUT2D eigenvalue weighted by molar-refractivity contribution is 6.33. The molecule has 2 N–H and O–H groups in total. The van der Waals surface area contributed by atoms with Gasteiger partial charge in [0.25, 0.3) is 0 Å². The number of nitrogens with one attached hydrogen (secondary N) is 1. The Bertz CT molecular complexity index is 447. The van der Waals surface area contributed by atoms with Crippen LogP contribution in [0.25, 0.3) is 11.3 Å². The van der Waals surface area contributed by atoms with Gasteiger partial charge in [0.15, 0.2) is 0 Å². The van der Waals surface area contributed by atoms with Crippen molar-refractivity contribution in [1.82, 2.24) is 10.2 Å². The highest BCUT2D eigenvalue weighted by atomic mass is 35.5. The predicted octanol–water partition coefficient (Wildman–Crippen LogP) is 3.09. The quantitative estimate of drug-likeness (QED) is 0.789. The normalized spacial score (nSPS) is 10.4. The maximum atomic E-state index is 9.32. The van der Waals surface area contributed by atoms with Crippen LogP contribution in [0.5, 0.6) is 5.75 Å². The van der Waals surface area contributed by atoms with Crippen LogP contribution >= 0.6 is 23.2 Å². The molecule has 14 heavy (non-hydrogen) atoms. The molecule has 0 bridgehead atoms. The second-order valence-electron chi connectivity index (χ2n) is 2.78. The third-order valence-corrected chi connectivity index (χ3v) is 2.26. The molecule has 3 nitrogen and oxygen atoms in total. The fourth-order valence-electron chi connectivity index (χ4n) is 1.19. The van der Waals surface area contributed by atoms with Gasteiger partial charge in [0.05, 0.1) is 5.02 Å². The average Bonchev–Trinajstić information content (AvgIpc) is 2.49. The maximum Gasteiger partial charge on any atom is 0.117 e. The van der Waals surface area contributed by atoms with Crippen LogP contribution in [-0.2, 0) is 0 Å². The van der Waals surface area contributed by atoms with Crippen molar-refractivity contribution in [1.29, 1.82) is 0 Å². The predicted molar refractivity (Wildman–Crippen MR) is 55.7 cm³/mol. The number of aromatic hydroxyl groups is 1. The van der Waals surface area contributed by atoms with Gasteiger partial charge in [0, 0.05) is 16.8 Å². The van der Waals surface area contributed by atoms with E-state index >= 15 is 0 Å². The molecule has 0 amide bonds. The van der Waals surface area contributed by atoms with Crippen molar-refractivity contribution in [3.63, 3.8) is 0 Å². The summed E-state index contributed by atoms with van der Waals surface area (Å²) in [5.74, 6) is 0.0894. The molecule has 2 rings (SSSR count). The zero-order chi connectivity index (χ0) is 10.1. The molecular formula is C9H6Cl2N2O. The Balaban J connectivity index is 2.57. The molecule has 5 heteroatoms. The minimum absolute atomic E-state index is 0.0894. The SMILES string of the molecule is Oc1cc(Cl)cc(-c2n[nH]cc2Cl)c1. The number of nitrogens with zero attached hydrogens (tertiary/aromatic N) is 1. The van der Waals surface area contributed by atoms with Gasteiger partial charge in [0.2, 0.25) is 0 Å². The first kappa shape index (κ1) is 9.37. The molecule has 0 spiro atoms. The Morgan fingerprint density at radius 3 is 2.57 bits per heavy atom. The van der Waals surface area contributed by atoms with Crippen molar-refractivity contribution in [2.75, 3.05) is 0 Å². The topological polar surface area (TPSA) is 48.9 Å². The summed E-state index contributed by atoms with van der Waals surface area (Å²) in [5.41, 5.74) is 1.26. The lowest BCUT2D eigenvalue weighted by Gasteiger charge is -2.00. The summed E-state index contributed by atoms with van der Waals surface area (Å²) in [7, 11) is 0. The molecule has 0 atom stereocenters. The summed E-state index contributed by atoms with van der Waals surface area (Å²) in [4.78, 5) is 0. The molecule has 0 radical (unpaired) electrons. The number of hydrogen-bond acceptors (Lipinski definition) is 2. The van der Waals surface area contributed by atoms with Crippen LogP contribution in [0.3, 0.4) is 0 Å². The molecule has 1 aromatic heterocycles. The summed E-state index contributed by atoms with van der Waals surface area (Å²) in [6, 6.07) is 4.68. The smallest absolute Gasteiger partial charge is 0.117 e. The zero-order valence-electron chi connectivity index (χ0n) is 6.96. The van der Waals surface area contributed by atoms with Gasteiger partial charge in [0.1, 0.15) is 11.4 Å². The van der Waals surface area contributed by atoms with Gasteiger partial charge in [-0.05, 0) is 18.2 Å². The Kier molecular flexibility index (Phi) is 2.35. The van der Waals surface area contributed by atoms with Crippen LogP contribution in [-0.4, -0.2) is 15.3 Å². The lowest BCUT2D eigenvalue weighted by atomic mass is 10.1. The third kappa shape index (κ3) is 1.69. The van der Waals surface area contributed by atoms with Crippen LogP contribution in [0.15, 0.2) is 24.4 Å². The molecule has 0 unspecified atom stereocenters. The molecule has 1 aromatic carbocycles. The average molecular weight is 229 g/mol. The van der Waals surface area contributed by atoms with Gasteiger partial charge in [-0.3, -0.25) is 5.10 Å². The first-order chi connectivity index (χ1) is 6.66. The van der Waals surface area contributed by atoms with Crippen LogP contribution in [0.1, 0.15) is 0 Å². The minimum Gasteiger partial charge on any atom is -0.508 e. The van der Waals surface area contributed by atoms with E-state index in [-0.39, 0.29) is 5.75 Å². The van der Waals surface area contributed by atoms with Crippen molar-refractivity contribution in [2.24, 2.45) is 0 Å². The van der Waals surface area contributed by atoms with Crippen LogP contribution in [0.2, 0.25) is 10.0 Å². The number of phenols is 1. The van der Waals surface area contributed by atoms with Gasteiger partial charge in [-0.1, -0.05) is 23.2 Å². The molecule has 0 saturated heterocycles. The second-order valence-corrected chi connectivity index (χ2v) is 3.62. The van der Waals surface area contributed by atoms with E-state index in [0.29, 0.717) is 21.3 Å². The van der Waals surface area contributed by atoms with Crippen LogP contribution in [0, 0.1) is 0 Å². The third-order valence-electron chi connectivity index (χ3n) is 1.75. The number of rotatable bonds is 1. The Hall–Kier alpha value is -1.19. The van der Waals surface area contributed by atoms with E-state index in [9.17, 15) is 5.11 Å². The number of aromatic amines is 1. The van der Waals surface area contributed by atoms with E-state index in [2.05, 4.69) is 10.2 Å². The van der Waals surface area contributed by atoms with Gasteiger partial charge in [-0.25, -0.2) is 0 Å². The second kappa shape index (κ2) is 3.52. The first-order valence-corrected chi connectivity index (χ1v) is 4.61. The Morgan fingerprint density at radius 1 is 1.21 bits per heavy atom. The molecule has 0 aliphatic heterocycles. The number of hydrogen-bond donors (Lipinski definition) is 2. The molecule has 0 aliphatic rings. The van der Waals surface area contributed by atoms with Crippen molar-refractivity contribution in [2.45, 2.75) is 0 Å². The van der Waals surface area contributed by atoms with E-state index < -0.39 is 0 Å². The van der Waals surface area contributed by atoms with E-state index in [0.717, 1.165) is 0 Å².